The highest BCUT2D eigenvalue weighted by molar-refractivity contribution is 7.17. The van der Waals surface area contributed by atoms with E-state index >= 15 is 0 Å². The molecule has 0 saturated heterocycles. The van der Waals surface area contributed by atoms with Crippen LogP contribution in [-0.2, 0) is 4.79 Å². The van der Waals surface area contributed by atoms with Gasteiger partial charge >= 0.3 is 0 Å². The fourth-order valence-electron chi connectivity index (χ4n) is 1.32. The molecule has 0 spiro atoms. The fraction of sp³-hybridized carbons (Fsp3) is 0.667. The van der Waals surface area contributed by atoms with Crippen LogP contribution in [0.2, 0.25) is 0 Å². The number of nitrogens with zero attached hydrogens (tertiary/aromatic N) is 2. The van der Waals surface area contributed by atoms with Crippen LogP contribution in [0.3, 0.4) is 0 Å². The van der Waals surface area contributed by atoms with Crippen LogP contribution in [0, 0.1) is 5.92 Å². The Hall–Kier alpha value is -1.70. The summed E-state index contributed by atoms with van der Waals surface area (Å²) < 4.78 is 0. The zero-order valence-electron chi connectivity index (χ0n) is 12.2. The van der Waals surface area contributed by atoms with Crippen molar-refractivity contribution in [3.05, 3.63) is 5.01 Å². The lowest BCUT2D eigenvalue weighted by Crippen LogP contribution is -2.45. The Kier molecular flexibility index (Phi) is 6.37. The molecule has 0 aliphatic heterocycles. The summed E-state index contributed by atoms with van der Waals surface area (Å²) in [5.74, 6) is -0.227. The van der Waals surface area contributed by atoms with Gasteiger partial charge in [-0.2, -0.15) is 0 Å². The molecule has 0 saturated carbocycles. The van der Waals surface area contributed by atoms with Gasteiger partial charge in [0.2, 0.25) is 16.0 Å². The summed E-state index contributed by atoms with van der Waals surface area (Å²) >= 11 is 1.16. The Balaban J connectivity index is 2.49. The summed E-state index contributed by atoms with van der Waals surface area (Å²) in [4.78, 5) is 23.7. The van der Waals surface area contributed by atoms with Crippen LogP contribution in [0.25, 0.3) is 0 Å². The molecule has 0 bridgehead atoms. The molecular formula is C12H21N5O2S. The van der Waals surface area contributed by atoms with Gasteiger partial charge in [0.1, 0.15) is 6.04 Å². The van der Waals surface area contributed by atoms with E-state index in [0.717, 1.165) is 11.3 Å². The lowest BCUT2D eigenvalue weighted by Gasteiger charge is -2.14. The van der Waals surface area contributed by atoms with Crippen LogP contribution in [0.5, 0.6) is 0 Å². The number of carbonyl (C=O) groups excluding carboxylic acids is 2. The summed E-state index contributed by atoms with van der Waals surface area (Å²) in [5, 5.41) is 16.8. The topological polar surface area (TPSA) is 96.0 Å². The standard InChI is InChI=1S/C12H21N5O2S/c1-5-13-12-17-16-11(20-12)10(19)15-8(4)9(18)14-6-7(2)3/h7-8H,5-6H2,1-4H3,(H,13,17)(H,14,18)(H,15,19). The minimum atomic E-state index is -0.604. The van der Waals surface area contributed by atoms with E-state index in [1.54, 1.807) is 6.92 Å². The zero-order valence-corrected chi connectivity index (χ0v) is 13.0. The Morgan fingerprint density at radius 1 is 1.25 bits per heavy atom. The van der Waals surface area contributed by atoms with Gasteiger partial charge < -0.3 is 16.0 Å². The molecule has 7 nitrogen and oxygen atoms in total. The van der Waals surface area contributed by atoms with Crippen molar-refractivity contribution in [1.82, 2.24) is 20.8 Å². The molecule has 112 valence electrons. The number of rotatable bonds is 7. The van der Waals surface area contributed by atoms with E-state index in [9.17, 15) is 9.59 Å². The van der Waals surface area contributed by atoms with Gasteiger partial charge in [-0.3, -0.25) is 9.59 Å². The van der Waals surface area contributed by atoms with E-state index in [4.69, 9.17) is 0 Å². The minimum absolute atomic E-state index is 0.205. The summed E-state index contributed by atoms with van der Waals surface area (Å²) in [7, 11) is 0. The number of amides is 2. The monoisotopic (exact) mass is 299 g/mol. The lowest BCUT2D eigenvalue weighted by molar-refractivity contribution is -0.122. The molecule has 2 amide bonds. The van der Waals surface area contributed by atoms with Crippen LogP contribution in [0.4, 0.5) is 5.13 Å². The van der Waals surface area contributed by atoms with Gasteiger partial charge in [0.25, 0.3) is 5.91 Å². The maximum absolute atomic E-state index is 11.9. The first-order chi connectivity index (χ1) is 9.43. The van der Waals surface area contributed by atoms with E-state index in [0.29, 0.717) is 24.1 Å². The summed E-state index contributed by atoms with van der Waals surface area (Å²) in [6.45, 7) is 8.88. The molecule has 1 atom stereocenters. The first-order valence-electron chi connectivity index (χ1n) is 6.60. The largest absolute Gasteiger partial charge is 0.360 e. The SMILES string of the molecule is CCNc1nnc(C(=O)NC(C)C(=O)NCC(C)C)s1. The van der Waals surface area contributed by atoms with E-state index in [1.165, 1.54) is 0 Å². The van der Waals surface area contributed by atoms with Gasteiger partial charge in [-0.15, -0.1) is 10.2 Å². The molecule has 0 aliphatic carbocycles. The molecular weight excluding hydrogens is 278 g/mol. The summed E-state index contributed by atoms with van der Waals surface area (Å²) in [6.07, 6.45) is 0. The van der Waals surface area contributed by atoms with Gasteiger partial charge in [-0.1, -0.05) is 25.2 Å². The maximum atomic E-state index is 11.9. The van der Waals surface area contributed by atoms with Crippen molar-refractivity contribution in [2.24, 2.45) is 5.92 Å². The van der Waals surface area contributed by atoms with Crippen molar-refractivity contribution in [3.8, 4) is 0 Å². The van der Waals surface area contributed by atoms with E-state index in [-0.39, 0.29) is 16.8 Å². The average Bonchev–Trinajstić information content (AvgIpc) is 2.84. The van der Waals surface area contributed by atoms with Gasteiger partial charge in [-0.25, -0.2) is 0 Å². The molecule has 20 heavy (non-hydrogen) atoms. The number of carbonyl (C=O) groups is 2. The Morgan fingerprint density at radius 2 is 1.95 bits per heavy atom. The maximum Gasteiger partial charge on any atom is 0.282 e. The normalized spacial score (nSPS) is 12.1. The van der Waals surface area contributed by atoms with E-state index < -0.39 is 6.04 Å². The molecule has 1 rings (SSSR count). The highest BCUT2D eigenvalue weighted by atomic mass is 32.1. The quantitative estimate of drug-likeness (QED) is 0.694. The fourth-order valence-corrected chi connectivity index (χ4v) is 2.03. The number of hydrogen-bond acceptors (Lipinski definition) is 6. The number of hydrogen-bond donors (Lipinski definition) is 3. The molecule has 8 heteroatoms. The molecule has 0 fully saturated rings. The molecule has 1 aromatic rings. The van der Waals surface area contributed by atoms with E-state index in [1.807, 2.05) is 20.8 Å². The predicted molar refractivity (Wildman–Crippen MR) is 78.8 cm³/mol. The van der Waals surface area contributed by atoms with Crippen molar-refractivity contribution in [2.75, 3.05) is 18.4 Å². The summed E-state index contributed by atoms with van der Waals surface area (Å²) in [6, 6.07) is -0.604. The van der Waals surface area contributed by atoms with Crippen LogP contribution in [0.15, 0.2) is 0 Å². The highest BCUT2D eigenvalue weighted by Crippen LogP contribution is 2.14. The molecule has 3 N–H and O–H groups in total. The van der Waals surface area contributed by atoms with Gasteiger partial charge in [0, 0.05) is 13.1 Å². The molecule has 1 unspecified atom stereocenters. The predicted octanol–water partition coefficient (Wildman–Crippen LogP) is 0.860. The Labute approximate surface area is 122 Å². The molecule has 0 aromatic carbocycles. The first kappa shape index (κ1) is 16.4. The molecule has 1 aromatic heterocycles. The zero-order chi connectivity index (χ0) is 15.1. The number of anilines is 1. The lowest BCUT2D eigenvalue weighted by atomic mass is 10.2. The van der Waals surface area contributed by atoms with Crippen molar-refractivity contribution in [3.63, 3.8) is 0 Å². The highest BCUT2D eigenvalue weighted by Gasteiger charge is 2.19. The van der Waals surface area contributed by atoms with Gasteiger partial charge in [0.15, 0.2) is 0 Å². The third kappa shape index (κ3) is 5.12. The van der Waals surface area contributed by atoms with Crippen LogP contribution < -0.4 is 16.0 Å². The second-order valence-corrected chi connectivity index (χ2v) is 5.75. The van der Waals surface area contributed by atoms with Crippen LogP contribution >= 0.6 is 11.3 Å². The van der Waals surface area contributed by atoms with Crippen molar-refractivity contribution in [1.29, 1.82) is 0 Å². The number of aromatic nitrogens is 2. The van der Waals surface area contributed by atoms with Gasteiger partial charge in [0.05, 0.1) is 0 Å². The Morgan fingerprint density at radius 3 is 2.55 bits per heavy atom. The Bertz CT molecular complexity index is 460. The third-order valence-corrected chi connectivity index (χ3v) is 3.25. The van der Waals surface area contributed by atoms with E-state index in [2.05, 4.69) is 26.1 Å². The van der Waals surface area contributed by atoms with Crippen molar-refractivity contribution in [2.45, 2.75) is 33.7 Å². The third-order valence-electron chi connectivity index (χ3n) is 2.37. The van der Waals surface area contributed by atoms with Crippen molar-refractivity contribution < 1.29 is 9.59 Å². The van der Waals surface area contributed by atoms with Crippen LogP contribution in [-0.4, -0.2) is 41.1 Å². The average molecular weight is 299 g/mol. The number of nitrogens with one attached hydrogen (secondary N) is 3. The summed E-state index contributed by atoms with van der Waals surface area (Å²) in [5.41, 5.74) is 0. The molecule has 1 heterocycles. The smallest absolute Gasteiger partial charge is 0.282 e. The van der Waals surface area contributed by atoms with Crippen molar-refractivity contribution >= 4 is 28.3 Å². The second kappa shape index (κ2) is 7.78. The van der Waals surface area contributed by atoms with Gasteiger partial charge in [-0.05, 0) is 19.8 Å². The minimum Gasteiger partial charge on any atom is -0.360 e. The second-order valence-electron chi connectivity index (χ2n) is 4.78. The van der Waals surface area contributed by atoms with Crippen LogP contribution in [0.1, 0.15) is 37.5 Å². The molecule has 0 aliphatic rings. The molecule has 0 radical (unpaired) electrons. The first-order valence-corrected chi connectivity index (χ1v) is 7.41.